The number of halogens is 3. The number of carbonyl (C=O) groups is 2. The third-order valence-electron chi connectivity index (χ3n) is 5.52. The first kappa shape index (κ1) is 22.3. The maximum Gasteiger partial charge on any atom is 0.272 e. The lowest BCUT2D eigenvalue weighted by molar-refractivity contribution is -0.125. The Kier molecular flexibility index (Phi) is 6.48. The maximum absolute atomic E-state index is 13.5. The van der Waals surface area contributed by atoms with E-state index in [0.717, 1.165) is 0 Å². The molecule has 2 aromatic rings. The molecule has 0 aliphatic carbocycles. The van der Waals surface area contributed by atoms with Gasteiger partial charge in [0.05, 0.1) is 16.6 Å². The molecule has 0 aromatic heterocycles. The van der Waals surface area contributed by atoms with Crippen molar-refractivity contribution in [2.45, 2.75) is 13.0 Å². The molecule has 0 bridgehead atoms. The standard InChI is InChI=1S/C23H21Cl2FN4O2/c24-18-5-4-15(11-19(18)25)22(31)29-8-6-20(27)17(13-29)21-23(32)30(9-7-28-21)12-14-2-1-3-16(26)10-14/h1-5,10-11H,6-9,12-13,27H2. The molecule has 0 radical (unpaired) electrons. The molecular weight excluding hydrogens is 454 g/mol. The zero-order chi connectivity index (χ0) is 22.8. The highest BCUT2D eigenvalue weighted by Gasteiger charge is 2.32. The molecular formula is C23H21Cl2FN4O2. The second-order valence-electron chi connectivity index (χ2n) is 7.70. The average Bonchev–Trinajstić information content (AvgIpc) is 2.77. The number of amides is 2. The van der Waals surface area contributed by atoms with E-state index in [9.17, 15) is 14.0 Å². The van der Waals surface area contributed by atoms with Crippen LogP contribution in [0, 0.1) is 5.82 Å². The Morgan fingerprint density at radius 1 is 1.12 bits per heavy atom. The van der Waals surface area contributed by atoms with Crippen LogP contribution in [0.5, 0.6) is 0 Å². The normalized spacial score (nSPS) is 17.0. The highest BCUT2D eigenvalue weighted by molar-refractivity contribution is 6.46. The van der Waals surface area contributed by atoms with Crippen LogP contribution >= 0.6 is 23.2 Å². The van der Waals surface area contributed by atoms with E-state index >= 15 is 0 Å². The number of rotatable bonds is 4. The summed E-state index contributed by atoms with van der Waals surface area (Å²) in [5.74, 6) is -0.854. The van der Waals surface area contributed by atoms with Crippen LogP contribution in [0.4, 0.5) is 4.39 Å². The van der Waals surface area contributed by atoms with Crippen LogP contribution in [-0.4, -0.2) is 53.5 Å². The van der Waals surface area contributed by atoms with Gasteiger partial charge in [0, 0.05) is 49.4 Å². The lowest BCUT2D eigenvalue weighted by Gasteiger charge is -2.33. The van der Waals surface area contributed by atoms with Gasteiger partial charge in [0.2, 0.25) is 0 Å². The highest BCUT2D eigenvalue weighted by atomic mass is 35.5. The fourth-order valence-corrected chi connectivity index (χ4v) is 4.12. The van der Waals surface area contributed by atoms with Crippen LogP contribution in [0.3, 0.4) is 0 Å². The van der Waals surface area contributed by atoms with Crippen molar-refractivity contribution < 1.29 is 14.0 Å². The van der Waals surface area contributed by atoms with Gasteiger partial charge >= 0.3 is 0 Å². The van der Waals surface area contributed by atoms with Gasteiger partial charge in [-0.1, -0.05) is 35.3 Å². The average molecular weight is 475 g/mol. The maximum atomic E-state index is 13.5. The molecule has 2 aliphatic heterocycles. The van der Waals surface area contributed by atoms with Crippen LogP contribution in [-0.2, 0) is 11.3 Å². The van der Waals surface area contributed by atoms with Gasteiger partial charge in [0.1, 0.15) is 11.5 Å². The fraction of sp³-hybridized carbons (Fsp3) is 0.261. The van der Waals surface area contributed by atoms with Gasteiger partial charge in [-0.25, -0.2) is 4.39 Å². The predicted molar refractivity (Wildman–Crippen MR) is 122 cm³/mol. The number of hydrogen-bond donors (Lipinski definition) is 1. The van der Waals surface area contributed by atoms with Crippen molar-refractivity contribution in [2.24, 2.45) is 10.7 Å². The van der Waals surface area contributed by atoms with Crippen molar-refractivity contribution >= 4 is 40.7 Å². The van der Waals surface area contributed by atoms with Crippen molar-refractivity contribution in [1.29, 1.82) is 0 Å². The minimum absolute atomic E-state index is 0.170. The first-order chi connectivity index (χ1) is 15.3. The molecule has 2 amide bonds. The molecule has 6 nitrogen and oxygen atoms in total. The molecule has 32 heavy (non-hydrogen) atoms. The molecule has 2 aliphatic rings. The summed E-state index contributed by atoms with van der Waals surface area (Å²) >= 11 is 12.0. The summed E-state index contributed by atoms with van der Waals surface area (Å²) in [5, 5.41) is 0.664. The second-order valence-corrected chi connectivity index (χ2v) is 8.51. The van der Waals surface area contributed by atoms with Gasteiger partial charge in [-0.05, 0) is 35.9 Å². The molecule has 2 aromatic carbocycles. The van der Waals surface area contributed by atoms with Crippen LogP contribution in [0.15, 0.2) is 58.7 Å². The summed E-state index contributed by atoms with van der Waals surface area (Å²) in [6.45, 7) is 1.70. The zero-order valence-corrected chi connectivity index (χ0v) is 18.7. The molecule has 0 saturated carbocycles. The zero-order valence-electron chi connectivity index (χ0n) is 17.2. The van der Waals surface area contributed by atoms with Gasteiger partial charge in [-0.2, -0.15) is 0 Å². The molecule has 2 heterocycles. The van der Waals surface area contributed by atoms with Crippen molar-refractivity contribution in [1.82, 2.24) is 9.80 Å². The minimum Gasteiger partial charge on any atom is -0.402 e. The SMILES string of the molecule is NC1=C(C2=NCCN(Cc3cccc(F)c3)C2=O)CN(C(=O)c2ccc(Cl)c(Cl)c2)CC1. The third-order valence-corrected chi connectivity index (χ3v) is 6.26. The minimum atomic E-state index is -0.350. The van der Waals surface area contributed by atoms with E-state index in [2.05, 4.69) is 4.99 Å². The highest BCUT2D eigenvalue weighted by Crippen LogP contribution is 2.25. The molecule has 9 heteroatoms. The Bertz CT molecular complexity index is 1150. The van der Waals surface area contributed by atoms with Gasteiger partial charge < -0.3 is 15.5 Å². The number of nitrogens with zero attached hydrogens (tertiary/aromatic N) is 3. The van der Waals surface area contributed by atoms with Crippen LogP contribution in [0.2, 0.25) is 10.0 Å². The second kappa shape index (κ2) is 9.30. The van der Waals surface area contributed by atoms with E-state index in [1.807, 2.05) is 0 Å². The van der Waals surface area contributed by atoms with Gasteiger partial charge in [-0.3, -0.25) is 14.6 Å². The largest absolute Gasteiger partial charge is 0.402 e. The lowest BCUT2D eigenvalue weighted by Crippen LogP contribution is -2.47. The summed E-state index contributed by atoms with van der Waals surface area (Å²) in [6, 6.07) is 10.9. The van der Waals surface area contributed by atoms with E-state index in [1.54, 1.807) is 34.1 Å². The Labute approximate surface area is 195 Å². The van der Waals surface area contributed by atoms with Crippen molar-refractivity contribution in [3.63, 3.8) is 0 Å². The summed E-state index contributed by atoms with van der Waals surface area (Å²) in [5.41, 5.74) is 8.70. The number of aliphatic imine (C=N–C) groups is 1. The number of benzene rings is 2. The number of nitrogens with two attached hydrogens (primary N) is 1. The van der Waals surface area contributed by atoms with Crippen molar-refractivity contribution in [3.8, 4) is 0 Å². The monoisotopic (exact) mass is 474 g/mol. The third kappa shape index (κ3) is 4.64. The van der Waals surface area contributed by atoms with E-state index in [0.29, 0.717) is 58.5 Å². The lowest BCUT2D eigenvalue weighted by atomic mass is 9.98. The van der Waals surface area contributed by atoms with Crippen LogP contribution in [0.1, 0.15) is 22.3 Å². The number of hydrogen-bond acceptors (Lipinski definition) is 4. The topological polar surface area (TPSA) is 79.0 Å². The quantitative estimate of drug-likeness (QED) is 0.733. The molecule has 4 rings (SSSR count). The van der Waals surface area contributed by atoms with Crippen LogP contribution < -0.4 is 5.73 Å². The van der Waals surface area contributed by atoms with Crippen molar-refractivity contribution in [3.05, 3.63) is 80.7 Å². The van der Waals surface area contributed by atoms with Gasteiger partial charge in [0.15, 0.2) is 0 Å². The first-order valence-corrected chi connectivity index (χ1v) is 10.9. The summed E-state index contributed by atoms with van der Waals surface area (Å²) < 4.78 is 13.5. The molecule has 0 atom stereocenters. The van der Waals surface area contributed by atoms with Crippen molar-refractivity contribution in [2.75, 3.05) is 26.2 Å². The Hall–Kier alpha value is -2.90. The van der Waals surface area contributed by atoms with Gasteiger partial charge in [-0.15, -0.1) is 0 Å². The Morgan fingerprint density at radius 2 is 1.94 bits per heavy atom. The smallest absolute Gasteiger partial charge is 0.272 e. The summed E-state index contributed by atoms with van der Waals surface area (Å²) in [6.07, 6.45) is 0.429. The van der Waals surface area contributed by atoms with Crippen LogP contribution in [0.25, 0.3) is 0 Å². The molecule has 0 unspecified atom stereocenters. The molecule has 0 saturated heterocycles. The Balaban J connectivity index is 1.52. The fourth-order valence-electron chi connectivity index (χ4n) is 3.82. The molecule has 0 spiro atoms. The van der Waals surface area contributed by atoms with E-state index in [-0.39, 0.29) is 36.4 Å². The summed E-state index contributed by atoms with van der Waals surface area (Å²) in [7, 11) is 0. The molecule has 2 N–H and O–H groups in total. The van der Waals surface area contributed by atoms with Gasteiger partial charge in [0.25, 0.3) is 11.8 Å². The summed E-state index contributed by atoms with van der Waals surface area (Å²) in [4.78, 5) is 33.8. The predicted octanol–water partition coefficient (Wildman–Crippen LogP) is 3.67. The Morgan fingerprint density at radius 3 is 2.69 bits per heavy atom. The van der Waals surface area contributed by atoms with E-state index in [4.69, 9.17) is 28.9 Å². The number of carbonyl (C=O) groups excluding carboxylic acids is 2. The molecule has 166 valence electrons. The molecule has 0 fully saturated rings. The van der Waals surface area contributed by atoms with E-state index in [1.165, 1.54) is 18.2 Å². The van der Waals surface area contributed by atoms with E-state index < -0.39 is 0 Å². The first-order valence-electron chi connectivity index (χ1n) is 10.1.